The second kappa shape index (κ2) is 11.1. The summed E-state index contributed by atoms with van der Waals surface area (Å²) in [5.41, 5.74) is 1.02. The number of likely N-dealkylation sites (N-methyl/N-ethyl adjacent to an activating group) is 1. The van der Waals surface area contributed by atoms with Crippen molar-refractivity contribution in [3.63, 3.8) is 0 Å². The van der Waals surface area contributed by atoms with Gasteiger partial charge in [0, 0.05) is 18.7 Å². The predicted molar refractivity (Wildman–Crippen MR) is 131 cm³/mol. The fourth-order valence-corrected chi connectivity index (χ4v) is 4.29. The zero-order valence-corrected chi connectivity index (χ0v) is 20.5. The maximum atomic E-state index is 13.1. The number of benzene rings is 2. The zero-order chi connectivity index (χ0) is 24.1. The third kappa shape index (κ3) is 5.35. The molecule has 1 saturated heterocycles. The van der Waals surface area contributed by atoms with E-state index in [1.54, 1.807) is 42.5 Å². The first-order valence-corrected chi connectivity index (χ1v) is 11.8. The van der Waals surface area contributed by atoms with E-state index in [0.717, 1.165) is 13.1 Å². The van der Waals surface area contributed by atoms with Crippen LogP contribution in [0, 0.1) is 0 Å². The number of hydrogen-bond acceptors (Lipinski definition) is 5. The van der Waals surface area contributed by atoms with Gasteiger partial charge in [-0.15, -0.1) is 0 Å². The number of carbonyl (C=O) groups is 2. The van der Waals surface area contributed by atoms with Gasteiger partial charge in [-0.05, 0) is 49.8 Å². The lowest BCUT2D eigenvalue weighted by atomic mass is 9.95. The first-order chi connectivity index (χ1) is 15.8. The summed E-state index contributed by atoms with van der Waals surface area (Å²) >= 11 is 12.4. The molecule has 2 aromatic rings. The van der Waals surface area contributed by atoms with E-state index in [4.69, 9.17) is 27.9 Å². The molecule has 1 fully saturated rings. The second-order valence-corrected chi connectivity index (χ2v) is 8.47. The van der Waals surface area contributed by atoms with Crippen molar-refractivity contribution in [2.45, 2.75) is 26.8 Å². The lowest BCUT2D eigenvalue weighted by Gasteiger charge is -2.28. The van der Waals surface area contributed by atoms with E-state index < -0.39 is 17.7 Å². The number of Topliss-reactive ketones (excluding diaryl/α,β-unsaturated/α-hetero) is 1. The number of likely N-dealkylation sites (tertiary alicyclic amines) is 1. The van der Waals surface area contributed by atoms with Crippen molar-refractivity contribution in [1.82, 2.24) is 9.80 Å². The van der Waals surface area contributed by atoms with E-state index in [2.05, 4.69) is 4.90 Å². The van der Waals surface area contributed by atoms with Crippen LogP contribution in [-0.2, 0) is 9.59 Å². The first-order valence-electron chi connectivity index (χ1n) is 11.0. The summed E-state index contributed by atoms with van der Waals surface area (Å²) in [5, 5.41) is 11.9. The quantitative estimate of drug-likeness (QED) is 0.298. The highest BCUT2D eigenvalue weighted by atomic mass is 35.5. The Bertz CT molecular complexity index is 1070. The van der Waals surface area contributed by atoms with E-state index in [0.29, 0.717) is 46.6 Å². The van der Waals surface area contributed by atoms with Crippen LogP contribution in [0.3, 0.4) is 0 Å². The van der Waals surface area contributed by atoms with Crippen LogP contribution >= 0.6 is 23.2 Å². The molecule has 2 aromatic carbocycles. The fraction of sp³-hybridized carbons (Fsp3) is 0.360. The number of rotatable bonds is 9. The summed E-state index contributed by atoms with van der Waals surface area (Å²) in [5.74, 6) is -1.08. The number of ketones is 1. The van der Waals surface area contributed by atoms with Crippen molar-refractivity contribution >= 4 is 40.7 Å². The highest BCUT2D eigenvalue weighted by molar-refractivity contribution is 6.46. The molecule has 33 heavy (non-hydrogen) atoms. The molecule has 3 rings (SSSR count). The lowest BCUT2D eigenvalue weighted by molar-refractivity contribution is -0.140. The molecule has 0 radical (unpaired) electrons. The van der Waals surface area contributed by atoms with Gasteiger partial charge in [-0.2, -0.15) is 0 Å². The van der Waals surface area contributed by atoms with Gasteiger partial charge in [0.25, 0.3) is 11.7 Å². The summed E-state index contributed by atoms with van der Waals surface area (Å²) in [7, 11) is 0. The van der Waals surface area contributed by atoms with Gasteiger partial charge in [-0.25, -0.2) is 0 Å². The van der Waals surface area contributed by atoms with Gasteiger partial charge in [0.1, 0.15) is 11.5 Å². The van der Waals surface area contributed by atoms with Crippen molar-refractivity contribution < 1.29 is 19.4 Å². The maximum absolute atomic E-state index is 13.1. The van der Waals surface area contributed by atoms with Gasteiger partial charge in [0.15, 0.2) is 0 Å². The summed E-state index contributed by atoms with van der Waals surface area (Å²) in [4.78, 5) is 29.9. The van der Waals surface area contributed by atoms with Crippen LogP contribution in [-0.4, -0.2) is 59.4 Å². The number of hydrogen-bond donors (Lipinski definition) is 1. The lowest BCUT2D eigenvalue weighted by Crippen LogP contribution is -2.38. The smallest absolute Gasteiger partial charge is 0.295 e. The largest absolute Gasteiger partial charge is 0.507 e. The summed E-state index contributed by atoms with van der Waals surface area (Å²) in [6.07, 6.45) is 0. The molecule has 1 aliphatic heterocycles. The average molecular weight is 491 g/mol. The summed E-state index contributed by atoms with van der Waals surface area (Å²) in [6, 6.07) is 11.0. The minimum absolute atomic E-state index is 0.0200. The van der Waals surface area contributed by atoms with Crippen molar-refractivity contribution in [3.8, 4) is 5.75 Å². The molecule has 6 nitrogen and oxygen atoms in total. The van der Waals surface area contributed by atoms with Gasteiger partial charge in [0.05, 0.1) is 28.3 Å². The Morgan fingerprint density at radius 3 is 2.42 bits per heavy atom. The number of aliphatic hydroxyl groups excluding tert-OH is 1. The van der Waals surface area contributed by atoms with Crippen LogP contribution in [0.15, 0.2) is 48.0 Å². The van der Waals surface area contributed by atoms with Crippen LogP contribution in [0.5, 0.6) is 5.75 Å². The molecule has 0 saturated carbocycles. The SMILES string of the molecule is CCOc1cccc(/C(O)=C2\C(=O)C(=O)N(CCN(CC)CC)C2c2ccc(Cl)c(Cl)c2)c1. The van der Waals surface area contributed by atoms with E-state index in [1.165, 1.54) is 4.90 Å². The molecular formula is C25H28Cl2N2O4. The summed E-state index contributed by atoms with van der Waals surface area (Å²) in [6.45, 7) is 8.97. The minimum Gasteiger partial charge on any atom is -0.507 e. The van der Waals surface area contributed by atoms with Crippen molar-refractivity contribution in [2.24, 2.45) is 0 Å². The van der Waals surface area contributed by atoms with E-state index in [1.807, 2.05) is 20.8 Å². The zero-order valence-electron chi connectivity index (χ0n) is 19.0. The third-order valence-corrected chi connectivity index (χ3v) is 6.51. The number of ether oxygens (including phenoxy) is 1. The van der Waals surface area contributed by atoms with Crippen LogP contribution in [0.2, 0.25) is 10.0 Å². The molecule has 1 N–H and O–H groups in total. The van der Waals surface area contributed by atoms with Crippen molar-refractivity contribution in [2.75, 3.05) is 32.8 Å². The number of nitrogens with zero attached hydrogens (tertiary/aromatic N) is 2. The van der Waals surface area contributed by atoms with Crippen LogP contribution < -0.4 is 4.74 Å². The Morgan fingerprint density at radius 1 is 1.06 bits per heavy atom. The summed E-state index contributed by atoms with van der Waals surface area (Å²) < 4.78 is 5.52. The minimum atomic E-state index is -0.786. The molecule has 176 valence electrons. The Balaban J connectivity index is 2.12. The Kier molecular flexibility index (Phi) is 8.40. The van der Waals surface area contributed by atoms with Crippen LogP contribution in [0.25, 0.3) is 5.76 Å². The Hall–Kier alpha value is -2.54. The Morgan fingerprint density at radius 2 is 1.79 bits per heavy atom. The number of halogens is 2. The molecule has 8 heteroatoms. The molecule has 0 bridgehead atoms. The van der Waals surface area contributed by atoms with E-state index in [-0.39, 0.29) is 11.3 Å². The Labute approximate surface area is 204 Å². The predicted octanol–water partition coefficient (Wildman–Crippen LogP) is 5.16. The van der Waals surface area contributed by atoms with Crippen LogP contribution in [0.4, 0.5) is 0 Å². The molecule has 1 aliphatic rings. The molecule has 1 unspecified atom stereocenters. The monoisotopic (exact) mass is 490 g/mol. The van der Waals surface area contributed by atoms with Gasteiger partial charge in [-0.3, -0.25) is 9.59 Å². The fourth-order valence-electron chi connectivity index (χ4n) is 3.98. The van der Waals surface area contributed by atoms with Crippen LogP contribution in [0.1, 0.15) is 37.9 Å². The molecule has 1 atom stereocenters. The molecule has 0 aromatic heterocycles. The molecule has 0 aliphatic carbocycles. The van der Waals surface area contributed by atoms with E-state index >= 15 is 0 Å². The number of amides is 1. The van der Waals surface area contributed by atoms with Crippen molar-refractivity contribution in [1.29, 1.82) is 0 Å². The van der Waals surface area contributed by atoms with Gasteiger partial charge in [0.2, 0.25) is 0 Å². The topological polar surface area (TPSA) is 70.1 Å². The molecule has 1 amide bonds. The molecule has 1 heterocycles. The average Bonchev–Trinajstić information content (AvgIpc) is 3.06. The second-order valence-electron chi connectivity index (χ2n) is 7.65. The van der Waals surface area contributed by atoms with Crippen molar-refractivity contribution in [3.05, 3.63) is 69.2 Å². The molecule has 0 spiro atoms. The number of aliphatic hydroxyl groups is 1. The maximum Gasteiger partial charge on any atom is 0.295 e. The highest BCUT2D eigenvalue weighted by Crippen LogP contribution is 2.41. The first kappa shape index (κ1) is 25.1. The van der Waals surface area contributed by atoms with E-state index in [9.17, 15) is 14.7 Å². The normalized spacial score (nSPS) is 17.8. The standard InChI is InChI=1S/C25H28Cl2N2O4/c1-4-28(5-2)12-13-29-22(16-10-11-19(26)20(27)15-16)21(24(31)25(29)32)23(30)17-8-7-9-18(14-17)33-6-3/h7-11,14-15,22,30H,4-6,12-13H2,1-3H3/b23-21+. The third-order valence-electron chi connectivity index (χ3n) is 5.77. The molecular weight excluding hydrogens is 463 g/mol. The van der Waals surface area contributed by atoms with Gasteiger partial charge in [-0.1, -0.05) is 55.2 Å². The number of carbonyl (C=O) groups excluding carboxylic acids is 2. The highest BCUT2D eigenvalue weighted by Gasteiger charge is 2.46. The van der Waals surface area contributed by atoms with Gasteiger partial charge < -0.3 is 19.6 Å². The van der Waals surface area contributed by atoms with Gasteiger partial charge >= 0.3 is 0 Å².